The third-order valence-corrected chi connectivity index (χ3v) is 5.58. The molecule has 3 rings (SSSR count). The van der Waals surface area contributed by atoms with Crippen LogP contribution in [0.5, 0.6) is 11.5 Å². The Morgan fingerprint density at radius 2 is 1.85 bits per heavy atom. The van der Waals surface area contributed by atoms with E-state index in [9.17, 15) is 9.90 Å². The minimum absolute atomic E-state index is 0.150. The van der Waals surface area contributed by atoms with Crippen LogP contribution < -0.4 is 14.8 Å². The Morgan fingerprint density at radius 1 is 1.19 bits per heavy atom. The van der Waals surface area contributed by atoms with E-state index in [2.05, 4.69) is 17.4 Å². The Balaban J connectivity index is 1.46. The Bertz CT molecular complexity index is 592. The highest BCUT2D eigenvalue weighted by Crippen LogP contribution is 2.27. The summed E-state index contributed by atoms with van der Waals surface area (Å²) in [7, 11) is 3.34. The predicted molar refractivity (Wildman–Crippen MR) is 99.6 cm³/mol. The van der Waals surface area contributed by atoms with Gasteiger partial charge in [0.15, 0.2) is 0 Å². The zero-order valence-corrected chi connectivity index (χ0v) is 15.7. The van der Waals surface area contributed by atoms with Gasteiger partial charge in [-0.2, -0.15) is 0 Å². The fourth-order valence-electron chi connectivity index (χ4n) is 3.95. The lowest BCUT2D eigenvalue weighted by Gasteiger charge is -2.33. The number of amides is 1. The summed E-state index contributed by atoms with van der Waals surface area (Å²) in [6, 6.07) is 5.82. The number of nitrogens with zero attached hydrogens (tertiary/aromatic N) is 1. The molecule has 144 valence electrons. The van der Waals surface area contributed by atoms with Crippen LogP contribution in [-0.4, -0.2) is 61.9 Å². The second-order valence-electron chi connectivity index (χ2n) is 7.38. The fourth-order valence-corrected chi connectivity index (χ4v) is 3.95. The van der Waals surface area contributed by atoms with Crippen molar-refractivity contribution in [1.29, 1.82) is 0 Å². The number of benzene rings is 1. The van der Waals surface area contributed by atoms with E-state index in [0.29, 0.717) is 18.9 Å². The summed E-state index contributed by atoms with van der Waals surface area (Å²) < 4.78 is 10.7. The van der Waals surface area contributed by atoms with Gasteiger partial charge in [0.2, 0.25) is 5.91 Å². The minimum Gasteiger partial charge on any atom is -0.497 e. The molecule has 2 heterocycles. The maximum atomic E-state index is 12.5. The van der Waals surface area contributed by atoms with E-state index in [1.54, 1.807) is 14.2 Å². The molecule has 2 atom stereocenters. The summed E-state index contributed by atoms with van der Waals surface area (Å²) in [6.07, 6.45) is 4.34. The van der Waals surface area contributed by atoms with Crippen molar-refractivity contribution in [2.75, 3.05) is 33.9 Å². The van der Waals surface area contributed by atoms with Gasteiger partial charge < -0.3 is 24.8 Å². The Morgan fingerprint density at radius 3 is 2.38 bits per heavy atom. The van der Waals surface area contributed by atoms with Crippen LogP contribution in [0.4, 0.5) is 0 Å². The van der Waals surface area contributed by atoms with Crippen molar-refractivity contribution in [1.82, 2.24) is 10.2 Å². The summed E-state index contributed by atoms with van der Waals surface area (Å²) in [5.41, 5.74) is 1.23. The molecule has 0 aliphatic carbocycles. The van der Waals surface area contributed by atoms with E-state index >= 15 is 0 Å². The van der Waals surface area contributed by atoms with Crippen LogP contribution in [0.25, 0.3) is 0 Å². The number of nitrogens with one attached hydrogen (secondary N) is 1. The van der Waals surface area contributed by atoms with Gasteiger partial charge in [-0.15, -0.1) is 0 Å². The molecule has 2 aliphatic rings. The number of carbonyl (C=O) groups excluding carboxylic acids is 1. The number of hydrogen-bond donors (Lipinski definition) is 2. The summed E-state index contributed by atoms with van der Waals surface area (Å²) in [5.74, 6) is 2.44. The summed E-state index contributed by atoms with van der Waals surface area (Å²) in [4.78, 5) is 14.5. The van der Waals surface area contributed by atoms with Crippen molar-refractivity contribution in [2.45, 2.75) is 44.2 Å². The lowest BCUT2D eigenvalue weighted by molar-refractivity contribution is -0.134. The molecule has 26 heavy (non-hydrogen) atoms. The molecule has 2 saturated heterocycles. The van der Waals surface area contributed by atoms with E-state index in [-0.39, 0.29) is 18.1 Å². The highest BCUT2D eigenvalue weighted by molar-refractivity contribution is 5.82. The number of β-amino-alcohol motifs (C(OH)–C–C–N with tert-alkyl or cyclic N) is 1. The summed E-state index contributed by atoms with van der Waals surface area (Å²) >= 11 is 0. The third-order valence-electron chi connectivity index (χ3n) is 5.58. The summed E-state index contributed by atoms with van der Waals surface area (Å²) in [6.45, 7) is 2.16. The van der Waals surface area contributed by atoms with E-state index in [1.807, 2.05) is 11.0 Å². The normalized spacial score (nSPS) is 23.9. The predicted octanol–water partition coefficient (Wildman–Crippen LogP) is 1.60. The topological polar surface area (TPSA) is 71.0 Å². The highest BCUT2D eigenvalue weighted by atomic mass is 16.5. The largest absolute Gasteiger partial charge is 0.497 e. The molecule has 2 aliphatic heterocycles. The number of piperidine rings is 1. The van der Waals surface area contributed by atoms with Crippen LogP contribution in [0.2, 0.25) is 0 Å². The molecular formula is C20H30N2O4. The van der Waals surface area contributed by atoms with Crippen molar-refractivity contribution in [3.63, 3.8) is 0 Å². The Labute approximate surface area is 155 Å². The molecule has 1 aromatic carbocycles. The molecule has 0 spiro atoms. The number of methoxy groups -OCH3 is 2. The lowest BCUT2D eigenvalue weighted by atomic mass is 9.90. The van der Waals surface area contributed by atoms with Crippen molar-refractivity contribution in [2.24, 2.45) is 5.92 Å². The minimum atomic E-state index is -0.388. The van der Waals surface area contributed by atoms with Gasteiger partial charge in [-0.25, -0.2) is 0 Å². The number of ether oxygens (including phenoxy) is 2. The van der Waals surface area contributed by atoms with Gasteiger partial charge in [-0.1, -0.05) is 0 Å². The van der Waals surface area contributed by atoms with Crippen LogP contribution >= 0.6 is 0 Å². The van der Waals surface area contributed by atoms with Gasteiger partial charge in [-0.05, 0) is 55.7 Å². The second kappa shape index (κ2) is 8.73. The van der Waals surface area contributed by atoms with Gasteiger partial charge in [0, 0.05) is 25.7 Å². The maximum Gasteiger partial charge on any atom is 0.239 e. The number of aliphatic hydroxyl groups excluding tert-OH is 1. The molecule has 0 bridgehead atoms. The number of aliphatic hydroxyl groups is 1. The molecule has 6 nitrogen and oxygen atoms in total. The van der Waals surface area contributed by atoms with E-state index in [0.717, 1.165) is 50.3 Å². The van der Waals surface area contributed by atoms with E-state index in [1.165, 1.54) is 5.56 Å². The highest BCUT2D eigenvalue weighted by Gasteiger charge is 2.32. The van der Waals surface area contributed by atoms with Gasteiger partial charge in [0.25, 0.3) is 0 Å². The van der Waals surface area contributed by atoms with Crippen molar-refractivity contribution >= 4 is 5.91 Å². The van der Waals surface area contributed by atoms with Crippen LogP contribution in [0, 0.1) is 5.92 Å². The average molecular weight is 362 g/mol. The van der Waals surface area contributed by atoms with E-state index in [4.69, 9.17) is 9.47 Å². The van der Waals surface area contributed by atoms with Crippen molar-refractivity contribution in [3.05, 3.63) is 23.8 Å². The molecule has 2 fully saturated rings. The number of hydrogen-bond acceptors (Lipinski definition) is 5. The molecule has 2 unspecified atom stereocenters. The zero-order valence-electron chi connectivity index (χ0n) is 15.7. The Hall–Kier alpha value is -1.79. The summed E-state index contributed by atoms with van der Waals surface area (Å²) in [5, 5.41) is 12.7. The third kappa shape index (κ3) is 4.68. The van der Waals surface area contributed by atoms with Crippen LogP contribution in [-0.2, 0) is 11.2 Å². The van der Waals surface area contributed by atoms with Crippen LogP contribution in [0.1, 0.15) is 31.2 Å². The molecular weight excluding hydrogens is 332 g/mol. The van der Waals surface area contributed by atoms with Crippen LogP contribution in [0.15, 0.2) is 18.2 Å². The molecule has 0 aromatic heterocycles. The first kappa shape index (κ1) is 19.0. The zero-order chi connectivity index (χ0) is 18.5. The van der Waals surface area contributed by atoms with Gasteiger partial charge in [0.05, 0.1) is 26.4 Å². The molecule has 0 radical (unpaired) electrons. The first-order valence-electron chi connectivity index (χ1n) is 9.51. The maximum absolute atomic E-state index is 12.5. The van der Waals surface area contributed by atoms with Gasteiger partial charge >= 0.3 is 0 Å². The standard InChI is InChI=1S/C20H30N2O4/c1-25-17-9-15(10-18(12-17)26-2)4-3-14-5-7-22(8-6-14)20(24)19-11-16(23)13-21-19/h9-10,12,14,16,19,21,23H,3-8,11,13H2,1-2H3. The lowest BCUT2D eigenvalue weighted by Crippen LogP contribution is -2.47. The van der Waals surface area contributed by atoms with Gasteiger partial charge in [-0.3, -0.25) is 4.79 Å². The van der Waals surface area contributed by atoms with E-state index < -0.39 is 0 Å². The van der Waals surface area contributed by atoms with Crippen molar-refractivity contribution < 1.29 is 19.4 Å². The second-order valence-corrected chi connectivity index (χ2v) is 7.38. The molecule has 1 amide bonds. The molecule has 1 aromatic rings. The first-order valence-corrected chi connectivity index (χ1v) is 9.51. The molecule has 2 N–H and O–H groups in total. The first-order chi connectivity index (χ1) is 12.6. The van der Waals surface area contributed by atoms with Crippen molar-refractivity contribution in [3.8, 4) is 11.5 Å². The number of rotatable bonds is 6. The number of aryl methyl sites for hydroxylation is 1. The number of carbonyl (C=O) groups is 1. The van der Waals surface area contributed by atoms with Crippen LogP contribution in [0.3, 0.4) is 0 Å². The average Bonchev–Trinajstić information content (AvgIpc) is 3.12. The molecule has 0 saturated carbocycles. The monoisotopic (exact) mass is 362 g/mol. The SMILES string of the molecule is COc1cc(CCC2CCN(C(=O)C3CC(O)CN3)CC2)cc(OC)c1. The molecule has 6 heteroatoms. The Kier molecular flexibility index (Phi) is 6.38. The number of likely N-dealkylation sites (tertiary alicyclic amines) is 1. The fraction of sp³-hybridized carbons (Fsp3) is 0.650. The smallest absolute Gasteiger partial charge is 0.239 e. The van der Waals surface area contributed by atoms with Gasteiger partial charge in [0.1, 0.15) is 11.5 Å². The quantitative estimate of drug-likeness (QED) is 0.804.